The number of sulfone groups is 1. The monoisotopic (exact) mass is 873 g/mol. The molecule has 17 heteroatoms. The van der Waals surface area contributed by atoms with Crippen molar-refractivity contribution in [1.29, 1.82) is 0 Å². The van der Waals surface area contributed by atoms with Crippen molar-refractivity contribution in [2.24, 2.45) is 11.5 Å². The minimum atomic E-state index is -3.56. The topological polar surface area (TPSA) is 218 Å². The second-order valence-electron chi connectivity index (χ2n) is 15.1. The first-order chi connectivity index (χ1) is 28.8. The summed E-state index contributed by atoms with van der Waals surface area (Å²) in [4.78, 5) is 57.9. The summed E-state index contributed by atoms with van der Waals surface area (Å²) in [6.07, 6.45) is 8.35. The molecule has 3 aromatic heterocycles. The molecule has 0 unspecified atom stereocenters. The Bertz CT molecular complexity index is 2460. The highest BCUT2D eigenvalue weighted by molar-refractivity contribution is 7.99. The van der Waals surface area contributed by atoms with E-state index < -0.39 is 39.8 Å². The largest absolute Gasteiger partial charge is 0.358 e. The number of amides is 3. The number of aromatic nitrogens is 3. The number of hydrogen-bond donors (Lipinski definition) is 6. The zero-order valence-corrected chi connectivity index (χ0v) is 36.4. The first-order valence-corrected chi connectivity index (χ1v) is 23.0. The fourth-order valence-electron chi connectivity index (χ4n) is 7.39. The van der Waals surface area contributed by atoms with Crippen LogP contribution < -0.4 is 27.4 Å². The molecule has 0 spiro atoms. The van der Waals surface area contributed by atoms with Crippen molar-refractivity contribution in [3.63, 3.8) is 0 Å². The number of para-hydroxylation sites is 1. The molecule has 3 amide bonds. The summed E-state index contributed by atoms with van der Waals surface area (Å²) < 4.78 is 25.0. The van der Waals surface area contributed by atoms with E-state index in [1.807, 2.05) is 49.4 Å². The Morgan fingerprint density at radius 1 is 0.900 bits per heavy atom. The summed E-state index contributed by atoms with van der Waals surface area (Å²) in [5.41, 5.74) is 16.9. The molecule has 1 aliphatic heterocycles. The van der Waals surface area contributed by atoms with Gasteiger partial charge in [-0.2, -0.15) is 0 Å². The van der Waals surface area contributed by atoms with Gasteiger partial charge >= 0.3 is 0 Å². The number of nitrogens with two attached hydrogens (primary N) is 2. The molecular formula is C43H52ClN9O5S2. The van der Waals surface area contributed by atoms with Gasteiger partial charge in [0.05, 0.1) is 16.0 Å². The van der Waals surface area contributed by atoms with Gasteiger partial charge in [-0.1, -0.05) is 47.6 Å². The van der Waals surface area contributed by atoms with Crippen LogP contribution in [0.4, 0.5) is 0 Å². The zero-order chi connectivity index (χ0) is 43.0. The van der Waals surface area contributed by atoms with Gasteiger partial charge in [0.15, 0.2) is 9.84 Å². The van der Waals surface area contributed by atoms with E-state index in [1.54, 1.807) is 25.5 Å². The average molecular weight is 875 g/mol. The SMILES string of the molecule is Cc1[nH]c2ccccc2c1C[C@H]1C(=O)NCc2cc(-c3cncc(S(C)(=O)=O)c3)cc(Cl)c2Sc2ncccc2CN[C@@H](CCCN)C(=O)N[C@@H](CCCCN)C(=O)N1C. The fraction of sp³-hybridized carbons (Fsp3) is 0.372. The third-order valence-electron chi connectivity index (χ3n) is 10.8. The van der Waals surface area contributed by atoms with Crippen LogP contribution in [0.25, 0.3) is 22.0 Å². The Kier molecular flexibility index (Phi) is 15.0. The van der Waals surface area contributed by atoms with E-state index in [-0.39, 0.29) is 30.3 Å². The number of pyridine rings is 2. The second-order valence-corrected chi connectivity index (χ2v) is 18.5. The number of aryl methyl sites for hydroxylation is 1. The van der Waals surface area contributed by atoms with Gasteiger partial charge in [-0.25, -0.2) is 13.4 Å². The van der Waals surface area contributed by atoms with Crippen LogP contribution in [-0.2, 0) is 43.7 Å². The van der Waals surface area contributed by atoms with E-state index in [0.717, 1.165) is 34.0 Å². The smallest absolute Gasteiger partial charge is 0.245 e. The molecule has 0 saturated carbocycles. The van der Waals surface area contributed by atoms with Crippen molar-refractivity contribution >= 4 is 61.8 Å². The summed E-state index contributed by atoms with van der Waals surface area (Å²) in [6.45, 7) is 3.00. The summed E-state index contributed by atoms with van der Waals surface area (Å²) in [7, 11) is -1.97. The Hall–Kier alpha value is -4.84. The van der Waals surface area contributed by atoms with Crippen molar-refractivity contribution in [3.8, 4) is 11.1 Å². The number of nitrogens with zero attached hydrogens (tertiary/aromatic N) is 3. The maximum atomic E-state index is 14.7. The Labute approximate surface area is 359 Å². The van der Waals surface area contributed by atoms with Crippen molar-refractivity contribution in [1.82, 2.24) is 35.8 Å². The van der Waals surface area contributed by atoms with E-state index in [2.05, 4.69) is 25.9 Å². The molecular weight excluding hydrogens is 822 g/mol. The van der Waals surface area contributed by atoms with Gasteiger partial charge in [-0.15, -0.1) is 0 Å². The number of unbranched alkanes of at least 4 members (excludes halogenated alkanes) is 1. The molecule has 0 aliphatic carbocycles. The Morgan fingerprint density at radius 2 is 1.67 bits per heavy atom. The number of likely N-dealkylation sites (N-methyl/N-ethyl adjacent to an activating group) is 1. The van der Waals surface area contributed by atoms with E-state index in [1.165, 1.54) is 28.9 Å². The highest BCUT2D eigenvalue weighted by Gasteiger charge is 2.34. The number of benzene rings is 2. The third kappa shape index (κ3) is 10.7. The van der Waals surface area contributed by atoms with E-state index in [9.17, 15) is 22.8 Å². The molecule has 6 rings (SSSR count). The Morgan fingerprint density at radius 3 is 2.43 bits per heavy atom. The van der Waals surface area contributed by atoms with E-state index >= 15 is 0 Å². The number of rotatable bonds is 11. The van der Waals surface area contributed by atoms with Crippen LogP contribution in [0.2, 0.25) is 5.02 Å². The first kappa shape index (κ1) is 44.7. The number of nitrogens with one attached hydrogen (secondary N) is 4. The molecule has 60 heavy (non-hydrogen) atoms. The standard InChI is InChI=1S/C43H52ClN9O5S2/c1-26-33(32-11-4-5-12-35(32)51-26)21-38-41(55)50-24-30-18-28(29-19-31(25-47-22-29)60(3,57)58)20-34(44)39(30)59-42-27(10-9-17-48-42)23-49-36(14-8-16-46)40(54)52-37(13-6-7-15-45)43(56)53(38)2/h4-5,9-12,17-20,22,25,36-38,49,51H,6-8,13-16,21,23-24,45-46H2,1-3H3,(H,50,55)(H,52,54)/t36-,37-,38-/m0/s1. The molecule has 14 nitrogen and oxygen atoms in total. The van der Waals surface area contributed by atoms with Crippen LogP contribution in [0.3, 0.4) is 0 Å². The average Bonchev–Trinajstić information content (AvgIpc) is 3.55. The van der Waals surface area contributed by atoms with Gasteiger partial charge < -0.3 is 37.3 Å². The van der Waals surface area contributed by atoms with Crippen LogP contribution >= 0.6 is 23.4 Å². The normalized spacial score (nSPS) is 18.4. The van der Waals surface area contributed by atoms with Gasteiger partial charge in [0.2, 0.25) is 17.7 Å². The number of carbonyl (C=O) groups is 3. The van der Waals surface area contributed by atoms with Crippen LogP contribution in [0.15, 0.2) is 88.0 Å². The molecule has 3 atom stereocenters. The van der Waals surface area contributed by atoms with Crippen molar-refractivity contribution < 1.29 is 22.8 Å². The molecule has 0 fully saturated rings. The maximum absolute atomic E-state index is 14.7. The molecule has 0 radical (unpaired) electrons. The summed E-state index contributed by atoms with van der Waals surface area (Å²) in [6, 6.07) is 14.0. The van der Waals surface area contributed by atoms with Crippen LogP contribution in [0.1, 0.15) is 54.5 Å². The summed E-state index contributed by atoms with van der Waals surface area (Å²) >= 11 is 8.43. The summed E-state index contributed by atoms with van der Waals surface area (Å²) in [5, 5.41) is 11.4. The van der Waals surface area contributed by atoms with Crippen molar-refractivity contribution in [2.75, 3.05) is 26.4 Å². The molecule has 0 bridgehead atoms. The number of halogens is 1. The van der Waals surface area contributed by atoms with Crippen LogP contribution in [0.5, 0.6) is 0 Å². The summed E-state index contributed by atoms with van der Waals surface area (Å²) in [5.74, 6) is -1.19. The second kappa shape index (κ2) is 20.1. The minimum Gasteiger partial charge on any atom is -0.358 e. The lowest BCUT2D eigenvalue weighted by molar-refractivity contribution is -0.142. The van der Waals surface area contributed by atoms with Gasteiger partial charge in [0.1, 0.15) is 17.1 Å². The lowest BCUT2D eigenvalue weighted by atomic mass is 9.99. The molecule has 1 aliphatic rings. The highest BCUT2D eigenvalue weighted by Crippen LogP contribution is 2.40. The van der Waals surface area contributed by atoms with Crippen LogP contribution in [-0.4, -0.2) is 90.5 Å². The Balaban J connectivity index is 1.48. The molecule has 4 heterocycles. The molecule has 0 saturated heterocycles. The lowest BCUT2D eigenvalue weighted by Crippen LogP contribution is -2.57. The third-order valence-corrected chi connectivity index (χ3v) is 13.5. The number of aromatic amines is 1. The van der Waals surface area contributed by atoms with Crippen molar-refractivity contribution in [3.05, 3.63) is 101 Å². The number of hydrogen-bond acceptors (Lipinski definition) is 11. The van der Waals surface area contributed by atoms with Crippen LogP contribution in [0, 0.1) is 6.92 Å². The molecule has 8 N–H and O–H groups in total. The number of fused-ring (bicyclic) bond motifs is 3. The number of carbonyl (C=O) groups excluding carboxylic acids is 3. The minimum absolute atomic E-state index is 0.00242. The maximum Gasteiger partial charge on any atom is 0.245 e. The molecule has 2 aromatic carbocycles. The number of H-pyrrole nitrogens is 1. The predicted octanol–water partition coefficient (Wildman–Crippen LogP) is 4.65. The molecule has 5 aromatic rings. The van der Waals surface area contributed by atoms with Crippen molar-refractivity contribution in [2.45, 2.75) is 91.5 Å². The van der Waals surface area contributed by atoms with Gasteiger partial charge in [0, 0.05) is 78.5 Å². The zero-order valence-electron chi connectivity index (χ0n) is 34.0. The lowest BCUT2D eigenvalue weighted by Gasteiger charge is -2.32. The van der Waals surface area contributed by atoms with E-state index in [0.29, 0.717) is 76.8 Å². The van der Waals surface area contributed by atoms with Gasteiger partial charge in [-0.05, 0) is 105 Å². The van der Waals surface area contributed by atoms with E-state index in [4.69, 9.17) is 28.1 Å². The highest BCUT2D eigenvalue weighted by atomic mass is 35.5. The first-order valence-electron chi connectivity index (χ1n) is 19.9. The quantitative estimate of drug-likeness (QED) is 0.100. The predicted molar refractivity (Wildman–Crippen MR) is 235 cm³/mol. The molecule has 318 valence electrons. The fourth-order valence-corrected chi connectivity index (χ4v) is 9.33. The van der Waals surface area contributed by atoms with Gasteiger partial charge in [-0.3, -0.25) is 19.4 Å². The van der Waals surface area contributed by atoms with Gasteiger partial charge in [0.25, 0.3) is 0 Å².